The molecule has 0 bridgehead atoms. The predicted molar refractivity (Wildman–Crippen MR) is 93.8 cm³/mol. The predicted octanol–water partition coefficient (Wildman–Crippen LogP) is 1.37. The van der Waals surface area contributed by atoms with Gasteiger partial charge in [-0.1, -0.05) is 58.3 Å². The lowest BCUT2D eigenvalue weighted by molar-refractivity contribution is -0.276. The van der Waals surface area contributed by atoms with Gasteiger partial charge < -0.3 is 20.4 Å². The summed E-state index contributed by atoms with van der Waals surface area (Å²) < 4.78 is 0. The monoisotopic (exact) mass is 378 g/mol. The topological polar surface area (TPSA) is 134 Å². The van der Waals surface area contributed by atoms with Gasteiger partial charge in [-0.25, -0.2) is 19.4 Å². The van der Waals surface area contributed by atoms with Gasteiger partial charge in [0.1, 0.15) is 12.2 Å². The quantitative estimate of drug-likeness (QED) is 0.202. The number of aliphatic hydroxyl groups is 4. The first kappa shape index (κ1) is 24.8. The third kappa shape index (κ3) is 10.1. The zero-order valence-corrected chi connectivity index (χ0v) is 15.9. The Kier molecular flexibility index (Phi) is 13.3. The van der Waals surface area contributed by atoms with Crippen LogP contribution in [0.4, 0.5) is 0 Å². The lowest BCUT2D eigenvalue weighted by atomic mass is 9.95. The summed E-state index contributed by atoms with van der Waals surface area (Å²) in [5, 5.41) is 37.4. The van der Waals surface area contributed by atoms with Crippen LogP contribution in [0.3, 0.4) is 0 Å². The molecule has 0 aromatic carbocycles. The molecule has 3 unspecified atom stereocenters. The molecule has 8 nitrogen and oxygen atoms in total. The minimum absolute atomic E-state index is 0.0765. The van der Waals surface area contributed by atoms with Crippen LogP contribution in [0, 0.1) is 0 Å². The summed E-state index contributed by atoms with van der Waals surface area (Å²) in [7, 11) is 0. The molecule has 154 valence electrons. The summed E-state index contributed by atoms with van der Waals surface area (Å²) in [6.45, 7) is 2.20. The molecule has 3 atom stereocenters. The second kappa shape index (κ2) is 13.9. The van der Waals surface area contributed by atoms with Crippen LogP contribution in [0.15, 0.2) is 0 Å². The van der Waals surface area contributed by atoms with E-state index in [-0.39, 0.29) is 6.42 Å². The van der Waals surface area contributed by atoms with Crippen LogP contribution >= 0.6 is 0 Å². The van der Waals surface area contributed by atoms with Crippen molar-refractivity contribution in [2.75, 3.05) is 6.61 Å². The van der Waals surface area contributed by atoms with Crippen LogP contribution in [0.1, 0.15) is 78.1 Å². The van der Waals surface area contributed by atoms with Crippen molar-refractivity contribution < 1.29 is 39.8 Å². The molecule has 0 aliphatic heterocycles. The Morgan fingerprint density at radius 2 is 1.42 bits per heavy atom. The molecular weight excluding hydrogens is 344 g/mol. The van der Waals surface area contributed by atoms with Crippen LogP contribution in [0.2, 0.25) is 0 Å². The second-order valence-electron chi connectivity index (χ2n) is 6.75. The zero-order chi connectivity index (χ0) is 20.0. The highest BCUT2D eigenvalue weighted by molar-refractivity contribution is 5.80. The molecular formula is C18H34O8. The van der Waals surface area contributed by atoms with Gasteiger partial charge in [0, 0.05) is 0 Å². The van der Waals surface area contributed by atoms with E-state index in [9.17, 15) is 24.9 Å². The van der Waals surface area contributed by atoms with E-state index in [0.29, 0.717) is 6.42 Å². The molecule has 0 saturated heterocycles. The van der Waals surface area contributed by atoms with E-state index in [1.54, 1.807) is 0 Å². The van der Waals surface area contributed by atoms with E-state index in [4.69, 9.17) is 5.11 Å². The minimum Gasteiger partial charge on any atom is -0.394 e. The SMILES string of the molecule is CCCCCCCCCCCC(=O)OOC(=O)C(C)(O)C(O)C(O)CO. The van der Waals surface area contributed by atoms with E-state index >= 15 is 0 Å². The molecule has 0 aromatic rings. The minimum atomic E-state index is -2.53. The van der Waals surface area contributed by atoms with E-state index in [1.165, 1.54) is 32.1 Å². The van der Waals surface area contributed by atoms with Gasteiger partial charge in [-0.15, -0.1) is 0 Å². The maximum Gasteiger partial charge on any atom is 0.389 e. The molecule has 8 heteroatoms. The van der Waals surface area contributed by atoms with Crippen molar-refractivity contribution in [2.45, 2.75) is 95.9 Å². The van der Waals surface area contributed by atoms with E-state index in [2.05, 4.69) is 16.7 Å². The van der Waals surface area contributed by atoms with Crippen LogP contribution in [-0.2, 0) is 19.4 Å². The number of hydrogen-bond donors (Lipinski definition) is 4. The van der Waals surface area contributed by atoms with Crippen LogP contribution in [0.5, 0.6) is 0 Å². The molecule has 0 aromatic heterocycles. The molecule has 0 radical (unpaired) electrons. The Morgan fingerprint density at radius 3 is 1.92 bits per heavy atom. The first-order valence-electron chi connectivity index (χ1n) is 9.38. The molecule has 0 aliphatic rings. The summed E-state index contributed by atoms with van der Waals surface area (Å²) in [6.07, 6.45) is 6.17. The number of rotatable bonds is 14. The number of carbonyl (C=O) groups is 2. The summed E-state index contributed by atoms with van der Waals surface area (Å²) in [6, 6.07) is 0. The summed E-state index contributed by atoms with van der Waals surface area (Å²) in [4.78, 5) is 31.7. The van der Waals surface area contributed by atoms with Gasteiger partial charge in [0.05, 0.1) is 13.0 Å². The molecule has 0 spiro atoms. The Hall–Kier alpha value is -1.22. The normalized spacial score (nSPS) is 15.8. The summed E-state index contributed by atoms with van der Waals surface area (Å²) >= 11 is 0. The fourth-order valence-corrected chi connectivity index (χ4v) is 2.39. The van der Waals surface area contributed by atoms with Gasteiger partial charge in [0.2, 0.25) is 0 Å². The molecule has 0 aliphatic carbocycles. The Balaban J connectivity index is 3.86. The lowest BCUT2D eigenvalue weighted by Gasteiger charge is -2.28. The third-order valence-corrected chi connectivity index (χ3v) is 4.24. The number of aliphatic hydroxyl groups excluding tert-OH is 3. The molecule has 4 N–H and O–H groups in total. The highest BCUT2D eigenvalue weighted by atomic mass is 17.2. The highest BCUT2D eigenvalue weighted by Gasteiger charge is 2.45. The fraction of sp³-hybridized carbons (Fsp3) is 0.889. The van der Waals surface area contributed by atoms with Crippen molar-refractivity contribution in [1.82, 2.24) is 0 Å². The van der Waals surface area contributed by atoms with E-state index in [1.807, 2.05) is 0 Å². The first-order valence-corrected chi connectivity index (χ1v) is 9.38. The molecule has 0 heterocycles. The van der Waals surface area contributed by atoms with E-state index < -0.39 is 36.4 Å². The maximum atomic E-state index is 11.7. The zero-order valence-electron chi connectivity index (χ0n) is 15.9. The van der Waals surface area contributed by atoms with Crippen molar-refractivity contribution in [3.8, 4) is 0 Å². The third-order valence-electron chi connectivity index (χ3n) is 4.24. The van der Waals surface area contributed by atoms with Crippen molar-refractivity contribution in [1.29, 1.82) is 0 Å². The summed E-state index contributed by atoms with van der Waals surface area (Å²) in [5.74, 6) is -2.19. The van der Waals surface area contributed by atoms with Crippen LogP contribution < -0.4 is 0 Å². The Morgan fingerprint density at radius 1 is 0.923 bits per heavy atom. The molecule has 26 heavy (non-hydrogen) atoms. The van der Waals surface area contributed by atoms with Gasteiger partial charge in [-0.2, -0.15) is 0 Å². The van der Waals surface area contributed by atoms with Gasteiger partial charge in [0.15, 0.2) is 5.60 Å². The van der Waals surface area contributed by atoms with Crippen molar-refractivity contribution in [2.24, 2.45) is 0 Å². The van der Waals surface area contributed by atoms with Gasteiger partial charge in [-0.3, -0.25) is 0 Å². The van der Waals surface area contributed by atoms with Crippen molar-refractivity contribution in [3.63, 3.8) is 0 Å². The fourth-order valence-electron chi connectivity index (χ4n) is 2.39. The largest absolute Gasteiger partial charge is 0.394 e. The second-order valence-corrected chi connectivity index (χ2v) is 6.75. The molecule has 0 saturated carbocycles. The standard InChI is InChI=1S/C18H34O8/c1-3-4-5-6-7-8-9-10-11-12-15(21)25-26-17(23)18(2,24)16(22)14(20)13-19/h14,16,19-20,22,24H,3-13H2,1-2H3. The first-order chi connectivity index (χ1) is 12.3. The molecule has 0 rings (SSSR count). The summed E-state index contributed by atoms with van der Waals surface area (Å²) in [5.41, 5.74) is -2.53. The van der Waals surface area contributed by atoms with Crippen molar-refractivity contribution in [3.05, 3.63) is 0 Å². The lowest BCUT2D eigenvalue weighted by Crippen LogP contribution is -2.54. The highest BCUT2D eigenvalue weighted by Crippen LogP contribution is 2.16. The van der Waals surface area contributed by atoms with Crippen molar-refractivity contribution >= 4 is 11.9 Å². The maximum absolute atomic E-state index is 11.7. The number of carbonyl (C=O) groups excluding carboxylic acids is 2. The van der Waals surface area contributed by atoms with Crippen LogP contribution in [0.25, 0.3) is 0 Å². The van der Waals surface area contributed by atoms with Crippen LogP contribution in [-0.4, -0.2) is 56.8 Å². The van der Waals surface area contributed by atoms with Gasteiger partial charge in [-0.05, 0) is 13.3 Å². The van der Waals surface area contributed by atoms with E-state index in [0.717, 1.165) is 26.2 Å². The Bertz CT molecular complexity index is 397. The Labute approximate surface area is 155 Å². The average Bonchev–Trinajstić information content (AvgIpc) is 2.63. The number of hydrogen-bond acceptors (Lipinski definition) is 8. The molecule has 0 fully saturated rings. The average molecular weight is 378 g/mol. The van der Waals surface area contributed by atoms with Gasteiger partial charge >= 0.3 is 11.9 Å². The smallest absolute Gasteiger partial charge is 0.389 e. The number of unbranched alkanes of at least 4 members (excludes halogenated alkanes) is 8. The molecule has 0 amide bonds. The van der Waals surface area contributed by atoms with Gasteiger partial charge in [0.25, 0.3) is 0 Å².